The van der Waals surface area contributed by atoms with Crippen LogP contribution in [0.25, 0.3) is 10.9 Å². The van der Waals surface area contributed by atoms with Crippen molar-refractivity contribution in [1.29, 1.82) is 0 Å². The van der Waals surface area contributed by atoms with Crippen LogP contribution in [-0.4, -0.2) is 20.7 Å². The lowest BCUT2D eigenvalue weighted by atomic mass is 10.1. The van der Waals surface area contributed by atoms with Gasteiger partial charge in [0.25, 0.3) is 0 Å². The molecule has 0 aliphatic heterocycles. The van der Waals surface area contributed by atoms with E-state index < -0.39 is 12.1 Å². The highest BCUT2D eigenvalue weighted by atomic mass is 16.4. The molecular formula is C12H13NO3. The number of aromatic nitrogens is 1. The fraction of sp³-hybridized carbons (Fsp3) is 0.250. The van der Waals surface area contributed by atoms with Crippen molar-refractivity contribution in [2.75, 3.05) is 0 Å². The van der Waals surface area contributed by atoms with E-state index in [9.17, 15) is 9.90 Å². The minimum atomic E-state index is -1.47. The topological polar surface area (TPSA) is 62.5 Å². The van der Waals surface area contributed by atoms with Gasteiger partial charge < -0.3 is 14.8 Å². The highest BCUT2D eigenvalue weighted by molar-refractivity contribution is 5.90. The van der Waals surface area contributed by atoms with Crippen molar-refractivity contribution in [3.63, 3.8) is 0 Å². The monoisotopic (exact) mass is 219 g/mol. The van der Waals surface area contributed by atoms with Gasteiger partial charge in [0.2, 0.25) is 0 Å². The number of carbonyl (C=O) groups is 1. The molecule has 0 bridgehead atoms. The number of hydrogen-bond donors (Lipinski definition) is 2. The molecule has 0 aliphatic rings. The van der Waals surface area contributed by atoms with Gasteiger partial charge in [0.05, 0.1) is 5.52 Å². The smallest absolute Gasteiger partial charge is 0.337 e. The Morgan fingerprint density at radius 2 is 2.12 bits per heavy atom. The predicted octanol–water partition coefficient (Wildman–Crippen LogP) is 1.60. The summed E-state index contributed by atoms with van der Waals surface area (Å²) < 4.78 is 1.84. The van der Waals surface area contributed by atoms with Crippen LogP contribution in [0.4, 0.5) is 0 Å². The van der Waals surface area contributed by atoms with Crippen molar-refractivity contribution in [1.82, 2.24) is 4.57 Å². The molecule has 1 heterocycles. The third-order valence-corrected chi connectivity index (χ3v) is 2.76. The van der Waals surface area contributed by atoms with Crippen LogP contribution < -0.4 is 0 Å². The first kappa shape index (κ1) is 10.7. The van der Waals surface area contributed by atoms with Gasteiger partial charge >= 0.3 is 5.97 Å². The number of aliphatic hydroxyl groups is 1. The van der Waals surface area contributed by atoms with E-state index in [1.807, 2.05) is 36.7 Å². The van der Waals surface area contributed by atoms with Crippen molar-refractivity contribution in [3.05, 3.63) is 35.5 Å². The molecule has 1 aromatic heterocycles. The van der Waals surface area contributed by atoms with Crippen molar-refractivity contribution in [2.45, 2.75) is 13.0 Å². The van der Waals surface area contributed by atoms with Gasteiger partial charge in [-0.2, -0.15) is 0 Å². The molecule has 0 radical (unpaired) electrons. The van der Waals surface area contributed by atoms with E-state index in [-0.39, 0.29) is 0 Å². The van der Waals surface area contributed by atoms with E-state index >= 15 is 0 Å². The van der Waals surface area contributed by atoms with Crippen LogP contribution in [0.2, 0.25) is 0 Å². The van der Waals surface area contributed by atoms with Crippen molar-refractivity contribution in [3.8, 4) is 0 Å². The molecule has 4 heteroatoms. The van der Waals surface area contributed by atoms with Gasteiger partial charge in [-0.3, -0.25) is 0 Å². The van der Waals surface area contributed by atoms with Crippen LogP contribution in [0.1, 0.15) is 17.2 Å². The van der Waals surface area contributed by atoms with Gasteiger partial charge in [-0.05, 0) is 12.5 Å². The van der Waals surface area contributed by atoms with Crippen LogP contribution in [0.15, 0.2) is 24.4 Å². The Morgan fingerprint density at radius 1 is 1.44 bits per heavy atom. The first-order valence-corrected chi connectivity index (χ1v) is 4.97. The summed E-state index contributed by atoms with van der Waals surface area (Å²) in [5, 5.41) is 19.2. The normalized spacial score (nSPS) is 12.9. The summed E-state index contributed by atoms with van der Waals surface area (Å²) in [7, 11) is 1.84. The van der Waals surface area contributed by atoms with E-state index in [1.54, 1.807) is 6.20 Å². The fourth-order valence-electron chi connectivity index (χ4n) is 2.05. The molecule has 2 N–H and O–H groups in total. The van der Waals surface area contributed by atoms with Crippen LogP contribution >= 0.6 is 0 Å². The summed E-state index contributed by atoms with van der Waals surface area (Å²) in [6, 6.07) is 5.64. The zero-order chi connectivity index (χ0) is 11.9. The number of rotatable bonds is 2. The minimum absolute atomic E-state index is 0.439. The molecule has 4 nitrogen and oxygen atoms in total. The summed E-state index contributed by atoms with van der Waals surface area (Å²) >= 11 is 0. The van der Waals surface area contributed by atoms with Gasteiger partial charge in [0, 0.05) is 24.2 Å². The van der Waals surface area contributed by atoms with Crippen LogP contribution in [-0.2, 0) is 11.8 Å². The molecule has 1 atom stereocenters. The Kier molecular flexibility index (Phi) is 2.44. The quantitative estimate of drug-likeness (QED) is 0.806. The first-order valence-electron chi connectivity index (χ1n) is 4.97. The Labute approximate surface area is 92.7 Å². The minimum Gasteiger partial charge on any atom is -0.479 e. The second kappa shape index (κ2) is 3.64. The Balaban J connectivity index is 2.73. The molecular weight excluding hydrogens is 206 g/mol. The predicted molar refractivity (Wildman–Crippen MR) is 60.3 cm³/mol. The Morgan fingerprint density at radius 3 is 2.75 bits per heavy atom. The van der Waals surface area contributed by atoms with E-state index in [0.717, 1.165) is 16.5 Å². The lowest BCUT2D eigenvalue weighted by Crippen LogP contribution is -2.09. The van der Waals surface area contributed by atoms with Gasteiger partial charge in [-0.15, -0.1) is 0 Å². The lowest BCUT2D eigenvalue weighted by molar-refractivity contribution is -0.146. The molecule has 0 fully saturated rings. The summed E-state index contributed by atoms with van der Waals surface area (Å²) in [6.07, 6.45) is 0.196. The van der Waals surface area contributed by atoms with E-state index in [4.69, 9.17) is 5.11 Å². The molecule has 2 rings (SSSR count). The number of benzene rings is 1. The zero-order valence-electron chi connectivity index (χ0n) is 9.14. The average molecular weight is 219 g/mol. The SMILES string of the molecule is Cc1cccc2c(C(O)C(=O)O)cn(C)c12. The third-order valence-electron chi connectivity index (χ3n) is 2.76. The molecule has 0 amide bonds. The number of para-hydroxylation sites is 1. The van der Waals surface area contributed by atoms with E-state index in [2.05, 4.69) is 0 Å². The van der Waals surface area contributed by atoms with Gasteiger partial charge in [-0.1, -0.05) is 18.2 Å². The molecule has 1 unspecified atom stereocenters. The molecule has 1 aromatic carbocycles. The standard InChI is InChI=1S/C12H13NO3/c1-7-4-3-5-8-9(11(14)12(15)16)6-13(2)10(7)8/h3-6,11,14H,1-2H3,(H,15,16). The number of fused-ring (bicyclic) bond motifs is 1. The summed E-state index contributed by atoms with van der Waals surface area (Å²) in [5.41, 5.74) is 2.45. The Hall–Kier alpha value is -1.81. The summed E-state index contributed by atoms with van der Waals surface area (Å²) in [4.78, 5) is 10.8. The highest BCUT2D eigenvalue weighted by Crippen LogP contribution is 2.28. The first-order chi connectivity index (χ1) is 7.52. The number of aliphatic hydroxyl groups excluding tert-OH is 1. The summed E-state index contributed by atoms with van der Waals surface area (Å²) in [6.45, 7) is 1.96. The molecule has 0 spiro atoms. The van der Waals surface area contributed by atoms with E-state index in [0.29, 0.717) is 5.56 Å². The molecule has 2 aromatic rings. The molecule has 16 heavy (non-hydrogen) atoms. The number of carboxylic acids is 1. The maximum Gasteiger partial charge on any atom is 0.337 e. The highest BCUT2D eigenvalue weighted by Gasteiger charge is 2.21. The number of aryl methyl sites for hydroxylation is 2. The lowest BCUT2D eigenvalue weighted by Gasteiger charge is -2.03. The zero-order valence-corrected chi connectivity index (χ0v) is 9.14. The fourth-order valence-corrected chi connectivity index (χ4v) is 2.05. The van der Waals surface area contributed by atoms with Crippen LogP contribution in [0, 0.1) is 6.92 Å². The van der Waals surface area contributed by atoms with Gasteiger partial charge in [0.15, 0.2) is 6.10 Å². The number of hydrogen-bond acceptors (Lipinski definition) is 2. The Bertz CT molecular complexity index is 557. The second-order valence-corrected chi connectivity index (χ2v) is 3.91. The summed E-state index contributed by atoms with van der Waals surface area (Å²) in [5.74, 6) is -1.23. The van der Waals surface area contributed by atoms with Crippen LogP contribution in [0.5, 0.6) is 0 Å². The third kappa shape index (κ3) is 1.47. The van der Waals surface area contributed by atoms with Gasteiger partial charge in [-0.25, -0.2) is 4.79 Å². The molecule has 0 saturated heterocycles. The average Bonchev–Trinajstić information content (AvgIpc) is 2.56. The van der Waals surface area contributed by atoms with Crippen LogP contribution in [0.3, 0.4) is 0 Å². The number of aliphatic carboxylic acids is 1. The van der Waals surface area contributed by atoms with Crippen molar-refractivity contribution < 1.29 is 15.0 Å². The number of carboxylic acid groups (broad SMARTS) is 1. The number of nitrogens with zero attached hydrogens (tertiary/aromatic N) is 1. The second-order valence-electron chi connectivity index (χ2n) is 3.91. The molecule has 0 saturated carbocycles. The maximum atomic E-state index is 10.8. The maximum absolute atomic E-state index is 10.8. The largest absolute Gasteiger partial charge is 0.479 e. The van der Waals surface area contributed by atoms with E-state index in [1.165, 1.54) is 0 Å². The molecule has 84 valence electrons. The van der Waals surface area contributed by atoms with Gasteiger partial charge in [0.1, 0.15) is 0 Å². The van der Waals surface area contributed by atoms with Crippen molar-refractivity contribution in [2.24, 2.45) is 7.05 Å². The van der Waals surface area contributed by atoms with Crippen molar-refractivity contribution >= 4 is 16.9 Å². The molecule has 0 aliphatic carbocycles.